The van der Waals surface area contributed by atoms with Crippen LogP contribution in [0.5, 0.6) is 0 Å². The molecule has 0 fully saturated rings. The second kappa shape index (κ2) is 8.82. The van der Waals surface area contributed by atoms with Gasteiger partial charge < -0.3 is 20.5 Å². The van der Waals surface area contributed by atoms with E-state index in [2.05, 4.69) is 61.9 Å². The van der Waals surface area contributed by atoms with E-state index in [0.29, 0.717) is 13.1 Å². The minimum Gasteiger partial charge on any atom is -0.364 e. The molecule has 0 saturated heterocycles. The average Bonchev–Trinajstić information content (AvgIpc) is 3.41. The Hall–Kier alpha value is -3.28. The Morgan fingerprint density at radius 3 is 2.83 bits per heavy atom. The highest BCUT2D eigenvalue weighted by Gasteiger charge is 2.08. The van der Waals surface area contributed by atoms with Crippen LogP contribution in [0.15, 0.2) is 65.8 Å². The van der Waals surface area contributed by atoms with Crippen LogP contribution < -0.4 is 15.5 Å². The topological polar surface area (TPSA) is 55.5 Å². The summed E-state index contributed by atoms with van der Waals surface area (Å²) in [5.41, 5.74) is 4.50. The third-order valence-corrected chi connectivity index (χ3v) is 5.19. The highest BCUT2D eigenvalue weighted by atomic mass is 19.1. The van der Waals surface area contributed by atoms with Gasteiger partial charge in [0.2, 0.25) is 0 Å². The van der Waals surface area contributed by atoms with Crippen LogP contribution >= 0.6 is 0 Å². The lowest BCUT2D eigenvalue weighted by molar-refractivity contribution is 0.629. The number of nitrogens with zero attached hydrogens (tertiary/aromatic N) is 2. The van der Waals surface area contributed by atoms with E-state index in [1.165, 1.54) is 17.3 Å². The van der Waals surface area contributed by atoms with Gasteiger partial charge in [-0.1, -0.05) is 24.3 Å². The van der Waals surface area contributed by atoms with E-state index < -0.39 is 0 Å². The number of nitrogens with one attached hydrogen (secondary N) is 3. The number of rotatable bonds is 6. The molecule has 0 aliphatic carbocycles. The van der Waals surface area contributed by atoms with Crippen molar-refractivity contribution in [3.05, 3.63) is 77.8 Å². The van der Waals surface area contributed by atoms with Crippen LogP contribution in [-0.2, 0) is 13.0 Å². The Morgan fingerprint density at radius 1 is 1.14 bits per heavy atom. The largest absolute Gasteiger partial charge is 0.364 e. The smallest absolute Gasteiger partial charge is 0.191 e. The molecule has 0 radical (unpaired) electrons. The highest BCUT2D eigenvalue weighted by Crippen LogP contribution is 2.20. The predicted octanol–water partition coefficient (Wildman–Crippen LogP) is 3.59. The maximum atomic E-state index is 13.5. The number of H-pyrrole nitrogens is 1. The quantitative estimate of drug-likeness (QED) is 0.342. The minimum atomic E-state index is -0.212. The molecule has 0 atom stereocenters. The molecule has 6 heteroatoms. The zero-order valence-electron chi connectivity index (χ0n) is 16.6. The minimum absolute atomic E-state index is 0.212. The van der Waals surface area contributed by atoms with Gasteiger partial charge in [0.1, 0.15) is 5.82 Å². The van der Waals surface area contributed by atoms with E-state index in [-0.39, 0.29) is 5.82 Å². The molecule has 1 aliphatic heterocycles. The van der Waals surface area contributed by atoms with Crippen molar-refractivity contribution in [3.8, 4) is 0 Å². The van der Waals surface area contributed by atoms with Crippen LogP contribution in [0.1, 0.15) is 11.1 Å². The van der Waals surface area contributed by atoms with Crippen molar-refractivity contribution < 1.29 is 4.39 Å². The molecular formula is C23H26FN5. The second-order valence-corrected chi connectivity index (χ2v) is 7.15. The van der Waals surface area contributed by atoms with E-state index in [4.69, 9.17) is 0 Å². The first-order valence-electron chi connectivity index (χ1n) is 9.92. The van der Waals surface area contributed by atoms with Crippen molar-refractivity contribution >= 4 is 22.5 Å². The maximum Gasteiger partial charge on any atom is 0.191 e. The Balaban J connectivity index is 1.30. The molecule has 0 amide bonds. The van der Waals surface area contributed by atoms with Crippen LogP contribution in [0.2, 0.25) is 0 Å². The first-order chi connectivity index (χ1) is 14.2. The lowest BCUT2D eigenvalue weighted by Crippen LogP contribution is -2.37. The standard InChI is InChI=1S/C23H26FN5/c1-25-23(26-10-9-18-16-27-22-8-7-19(24)14-21(18)22)28-15-17-5-4-6-20(13-17)29-11-2-3-12-29/h2-8,13-14,16,27H,9-12,15H2,1H3,(H2,25,26,28). The van der Waals surface area contributed by atoms with Gasteiger partial charge in [-0.25, -0.2) is 4.39 Å². The fourth-order valence-corrected chi connectivity index (χ4v) is 3.63. The fraction of sp³-hybridized carbons (Fsp3) is 0.261. The van der Waals surface area contributed by atoms with Crippen molar-refractivity contribution in [2.24, 2.45) is 4.99 Å². The van der Waals surface area contributed by atoms with Gasteiger partial charge in [-0.15, -0.1) is 0 Å². The number of guanidine groups is 1. The van der Waals surface area contributed by atoms with Gasteiger partial charge in [0.15, 0.2) is 5.96 Å². The molecule has 0 saturated carbocycles. The van der Waals surface area contributed by atoms with Crippen LogP contribution in [0.4, 0.5) is 10.1 Å². The first kappa shape index (κ1) is 19.1. The van der Waals surface area contributed by atoms with E-state index in [9.17, 15) is 4.39 Å². The van der Waals surface area contributed by atoms with Crippen molar-refractivity contribution in [2.75, 3.05) is 31.6 Å². The molecule has 4 rings (SSSR count). The lowest BCUT2D eigenvalue weighted by atomic mass is 10.1. The summed E-state index contributed by atoms with van der Waals surface area (Å²) >= 11 is 0. The van der Waals surface area contributed by atoms with Gasteiger partial charge in [0, 0.05) is 56.0 Å². The fourth-order valence-electron chi connectivity index (χ4n) is 3.63. The number of aromatic nitrogens is 1. The molecule has 2 heterocycles. The summed E-state index contributed by atoms with van der Waals surface area (Å²) in [5.74, 6) is 0.542. The predicted molar refractivity (Wildman–Crippen MR) is 118 cm³/mol. The third-order valence-electron chi connectivity index (χ3n) is 5.19. The summed E-state index contributed by atoms with van der Waals surface area (Å²) in [6.07, 6.45) is 7.11. The molecular weight excluding hydrogens is 365 g/mol. The lowest BCUT2D eigenvalue weighted by Gasteiger charge is -2.19. The molecule has 5 nitrogen and oxygen atoms in total. The molecule has 2 aromatic carbocycles. The summed E-state index contributed by atoms with van der Waals surface area (Å²) < 4.78 is 13.5. The van der Waals surface area contributed by atoms with Gasteiger partial charge in [-0.3, -0.25) is 4.99 Å². The summed E-state index contributed by atoms with van der Waals surface area (Å²) in [6, 6.07) is 13.4. The van der Waals surface area contributed by atoms with Gasteiger partial charge in [0.25, 0.3) is 0 Å². The normalized spacial score (nSPS) is 14.0. The monoisotopic (exact) mass is 391 g/mol. The number of aliphatic imine (C=N–C) groups is 1. The molecule has 1 aromatic heterocycles. The third kappa shape index (κ3) is 4.59. The Bertz CT molecular complexity index is 1030. The summed E-state index contributed by atoms with van der Waals surface area (Å²) in [7, 11) is 1.77. The number of aromatic amines is 1. The molecule has 29 heavy (non-hydrogen) atoms. The molecule has 3 N–H and O–H groups in total. The molecule has 0 bridgehead atoms. The number of halogens is 1. The van der Waals surface area contributed by atoms with Crippen molar-refractivity contribution in [1.29, 1.82) is 0 Å². The van der Waals surface area contributed by atoms with Crippen molar-refractivity contribution in [2.45, 2.75) is 13.0 Å². The van der Waals surface area contributed by atoms with E-state index >= 15 is 0 Å². The molecule has 150 valence electrons. The SMILES string of the molecule is CN=C(NCCc1c[nH]c2ccc(F)cc12)NCc1cccc(N2CC=CC2)c1. The van der Waals surface area contributed by atoms with Crippen molar-refractivity contribution in [3.63, 3.8) is 0 Å². The molecule has 0 spiro atoms. The van der Waals surface area contributed by atoms with Crippen LogP contribution in [0.25, 0.3) is 10.9 Å². The van der Waals surface area contributed by atoms with E-state index in [0.717, 1.165) is 41.9 Å². The number of anilines is 1. The summed E-state index contributed by atoms with van der Waals surface area (Å²) in [5, 5.41) is 7.64. The number of benzene rings is 2. The van der Waals surface area contributed by atoms with E-state index in [1.54, 1.807) is 19.2 Å². The zero-order valence-corrected chi connectivity index (χ0v) is 16.6. The second-order valence-electron chi connectivity index (χ2n) is 7.15. The Labute approximate surface area is 170 Å². The van der Waals surface area contributed by atoms with Crippen LogP contribution in [0.3, 0.4) is 0 Å². The molecule has 3 aromatic rings. The average molecular weight is 391 g/mol. The Morgan fingerprint density at radius 2 is 2.00 bits per heavy atom. The summed E-state index contributed by atoms with van der Waals surface area (Å²) in [6.45, 7) is 3.35. The molecule has 0 unspecified atom stereocenters. The summed E-state index contributed by atoms with van der Waals surface area (Å²) in [4.78, 5) is 9.83. The van der Waals surface area contributed by atoms with Crippen LogP contribution in [-0.4, -0.2) is 37.6 Å². The van der Waals surface area contributed by atoms with Gasteiger partial charge >= 0.3 is 0 Å². The number of hydrogen-bond acceptors (Lipinski definition) is 2. The van der Waals surface area contributed by atoms with Gasteiger partial charge in [-0.05, 0) is 47.9 Å². The molecule has 1 aliphatic rings. The maximum absolute atomic E-state index is 13.5. The van der Waals surface area contributed by atoms with E-state index in [1.807, 2.05) is 6.20 Å². The van der Waals surface area contributed by atoms with Crippen molar-refractivity contribution in [1.82, 2.24) is 15.6 Å². The Kier molecular flexibility index (Phi) is 5.79. The number of hydrogen-bond donors (Lipinski definition) is 3. The zero-order chi connectivity index (χ0) is 20.1. The van der Waals surface area contributed by atoms with Gasteiger partial charge in [0.05, 0.1) is 0 Å². The van der Waals surface area contributed by atoms with Crippen LogP contribution in [0, 0.1) is 5.82 Å². The first-order valence-corrected chi connectivity index (χ1v) is 9.92. The van der Waals surface area contributed by atoms with Gasteiger partial charge in [-0.2, -0.15) is 0 Å². The highest BCUT2D eigenvalue weighted by molar-refractivity contribution is 5.83. The number of fused-ring (bicyclic) bond motifs is 1.